The van der Waals surface area contributed by atoms with Gasteiger partial charge in [0.1, 0.15) is 12.4 Å². The van der Waals surface area contributed by atoms with Crippen LogP contribution in [0.1, 0.15) is 21.7 Å². The minimum absolute atomic E-state index is 0.339. The zero-order valence-corrected chi connectivity index (χ0v) is 10.5. The lowest BCUT2D eigenvalue weighted by Crippen LogP contribution is -2.20. The van der Waals surface area contributed by atoms with Gasteiger partial charge in [0.2, 0.25) is 0 Å². The summed E-state index contributed by atoms with van der Waals surface area (Å²) in [5, 5.41) is 9.19. The smallest absolute Gasteiger partial charge is 0.357 e. The minimum atomic E-state index is -0.390. The number of fused-ring (bicyclic) bond motifs is 1. The molecule has 0 amide bonds. The van der Waals surface area contributed by atoms with Crippen molar-refractivity contribution in [1.82, 2.24) is 9.55 Å². The number of imidazole rings is 1. The van der Waals surface area contributed by atoms with E-state index >= 15 is 0 Å². The number of nitrogens with zero attached hydrogens (tertiary/aromatic N) is 3. The van der Waals surface area contributed by atoms with Crippen LogP contribution in [0.2, 0.25) is 5.02 Å². The van der Waals surface area contributed by atoms with Crippen LogP contribution in [0, 0.1) is 11.3 Å². The van der Waals surface area contributed by atoms with Gasteiger partial charge in [0, 0.05) is 12.1 Å². The molecule has 0 bridgehead atoms. The minimum Gasteiger partial charge on any atom is -0.461 e. The van der Waals surface area contributed by atoms with Gasteiger partial charge in [0.25, 0.3) is 0 Å². The van der Waals surface area contributed by atoms with Crippen LogP contribution >= 0.6 is 11.6 Å². The molecule has 0 aliphatic carbocycles. The number of carbonyl (C=O) groups excluding carboxylic acids is 1. The Morgan fingerprint density at radius 1 is 1.47 bits per heavy atom. The van der Waals surface area contributed by atoms with Crippen molar-refractivity contribution in [2.75, 3.05) is 6.61 Å². The summed E-state index contributed by atoms with van der Waals surface area (Å²) < 4.78 is 6.64. The van der Waals surface area contributed by atoms with E-state index in [0.717, 1.165) is 5.69 Å². The Balaban J connectivity index is 2.13. The van der Waals surface area contributed by atoms with Crippen LogP contribution < -0.4 is 0 Å². The van der Waals surface area contributed by atoms with E-state index < -0.39 is 0 Å². The van der Waals surface area contributed by atoms with E-state index in [9.17, 15) is 4.79 Å². The van der Waals surface area contributed by atoms with Crippen molar-refractivity contribution in [3.8, 4) is 11.8 Å². The number of halogens is 1. The highest BCUT2D eigenvalue weighted by Crippen LogP contribution is 2.24. The highest BCUT2D eigenvalue weighted by molar-refractivity contribution is 6.31. The van der Waals surface area contributed by atoms with Gasteiger partial charge < -0.3 is 4.74 Å². The third kappa shape index (κ3) is 1.86. The maximum absolute atomic E-state index is 11.8. The number of hydrogen-bond acceptors (Lipinski definition) is 4. The fourth-order valence-electron chi connectivity index (χ4n) is 2.03. The molecule has 2 heterocycles. The quantitative estimate of drug-likeness (QED) is 0.746. The molecule has 1 aromatic carbocycles. The Morgan fingerprint density at radius 3 is 3.05 bits per heavy atom. The maximum Gasteiger partial charge on any atom is 0.357 e. The van der Waals surface area contributed by atoms with E-state index in [0.29, 0.717) is 35.0 Å². The molecule has 0 N–H and O–H groups in total. The summed E-state index contributed by atoms with van der Waals surface area (Å²) in [7, 11) is 0. The Bertz CT molecular complexity index is 715. The molecule has 0 unspecified atom stereocenters. The zero-order valence-electron chi connectivity index (χ0n) is 9.76. The van der Waals surface area contributed by atoms with E-state index in [1.807, 2.05) is 6.07 Å². The van der Waals surface area contributed by atoms with Crippen LogP contribution in [0.5, 0.6) is 0 Å². The van der Waals surface area contributed by atoms with Gasteiger partial charge in [0.05, 0.1) is 22.9 Å². The molecule has 0 radical (unpaired) electrons. The summed E-state index contributed by atoms with van der Waals surface area (Å²) in [6.45, 7) is 0.358. The van der Waals surface area contributed by atoms with Crippen molar-refractivity contribution in [2.24, 2.45) is 0 Å². The topological polar surface area (TPSA) is 67.9 Å². The third-order valence-electron chi connectivity index (χ3n) is 2.96. The summed E-state index contributed by atoms with van der Waals surface area (Å²) >= 11 is 5.99. The van der Waals surface area contributed by atoms with Crippen molar-refractivity contribution in [3.05, 3.63) is 46.5 Å². The number of carbonyl (C=O) groups is 1. The summed E-state index contributed by atoms with van der Waals surface area (Å²) in [4.78, 5) is 16.0. The molecule has 94 valence electrons. The summed E-state index contributed by atoms with van der Waals surface area (Å²) in [5.74, 6) is -0.390. The number of esters is 1. The van der Waals surface area contributed by atoms with Gasteiger partial charge in [-0.3, -0.25) is 4.57 Å². The monoisotopic (exact) mass is 273 g/mol. The van der Waals surface area contributed by atoms with Gasteiger partial charge in [-0.25, -0.2) is 9.78 Å². The number of aromatic nitrogens is 2. The second-order valence-electron chi connectivity index (χ2n) is 4.07. The first-order chi connectivity index (χ1) is 9.20. The normalized spacial score (nSPS) is 13.6. The largest absolute Gasteiger partial charge is 0.461 e. The number of cyclic esters (lactones) is 1. The van der Waals surface area contributed by atoms with Crippen molar-refractivity contribution < 1.29 is 9.53 Å². The van der Waals surface area contributed by atoms with Crippen LogP contribution in [0.4, 0.5) is 0 Å². The van der Waals surface area contributed by atoms with E-state index in [1.54, 1.807) is 29.1 Å². The SMILES string of the molecule is N#Cc1ccc(-n2cnc3c2C(=O)OCC3)cc1Cl. The van der Waals surface area contributed by atoms with Crippen LogP contribution in [-0.2, 0) is 11.2 Å². The average molecular weight is 274 g/mol. The molecule has 3 rings (SSSR count). The molecule has 1 aromatic heterocycles. The number of hydrogen-bond donors (Lipinski definition) is 0. The summed E-state index contributed by atoms with van der Waals surface area (Å²) in [6, 6.07) is 6.95. The van der Waals surface area contributed by atoms with Gasteiger partial charge in [0.15, 0.2) is 5.69 Å². The van der Waals surface area contributed by atoms with Crippen molar-refractivity contribution in [3.63, 3.8) is 0 Å². The highest BCUT2D eigenvalue weighted by Gasteiger charge is 2.25. The van der Waals surface area contributed by atoms with Gasteiger partial charge in [-0.1, -0.05) is 11.6 Å². The molecule has 0 saturated carbocycles. The van der Waals surface area contributed by atoms with Gasteiger partial charge in [-0.2, -0.15) is 5.26 Å². The lowest BCUT2D eigenvalue weighted by Gasteiger charge is -2.14. The average Bonchev–Trinajstić information content (AvgIpc) is 2.84. The van der Waals surface area contributed by atoms with E-state index in [-0.39, 0.29) is 5.97 Å². The molecule has 1 aliphatic heterocycles. The predicted octanol–water partition coefficient (Wildman–Crippen LogP) is 2.11. The number of benzene rings is 1. The molecule has 0 atom stereocenters. The van der Waals surface area contributed by atoms with Gasteiger partial charge in [-0.05, 0) is 18.2 Å². The molecule has 0 fully saturated rings. The maximum atomic E-state index is 11.8. The zero-order chi connectivity index (χ0) is 13.4. The lowest BCUT2D eigenvalue weighted by molar-refractivity contribution is 0.0468. The van der Waals surface area contributed by atoms with Crippen LogP contribution in [-0.4, -0.2) is 22.1 Å². The van der Waals surface area contributed by atoms with E-state index in [4.69, 9.17) is 21.6 Å². The Kier molecular flexibility index (Phi) is 2.73. The van der Waals surface area contributed by atoms with Crippen molar-refractivity contribution in [2.45, 2.75) is 6.42 Å². The van der Waals surface area contributed by atoms with E-state index in [2.05, 4.69) is 4.98 Å². The van der Waals surface area contributed by atoms with Gasteiger partial charge in [-0.15, -0.1) is 0 Å². The third-order valence-corrected chi connectivity index (χ3v) is 3.27. The Morgan fingerprint density at radius 2 is 2.32 bits per heavy atom. The first-order valence-corrected chi connectivity index (χ1v) is 6.02. The first-order valence-electron chi connectivity index (χ1n) is 5.64. The van der Waals surface area contributed by atoms with Crippen molar-refractivity contribution in [1.29, 1.82) is 5.26 Å². The highest BCUT2D eigenvalue weighted by atomic mass is 35.5. The molecule has 5 nitrogen and oxygen atoms in total. The fourth-order valence-corrected chi connectivity index (χ4v) is 2.25. The molecule has 1 aliphatic rings. The van der Waals surface area contributed by atoms with Gasteiger partial charge >= 0.3 is 5.97 Å². The van der Waals surface area contributed by atoms with Crippen LogP contribution in [0.25, 0.3) is 5.69 Å². The standard InChI is InChI=1S/C13H8ClN3O2/c14-10-5-9(2-1-8(10)6-15)17-7-16-11-3-4-19-13(18)12(11)17/h1-2,5,7H,3-4H2. The first kappa shape index (κ1) is 11.8. The second-order valence-corrected chi connectivity index (χ2v) is 4.48. The Labute approximate surface area is 114 Å². The fraction of sp³-hybridized carbons (Fsp3) is 0.154. The van der Waals surface area contributed by atoms with Crippen molar-refractivity contribution >= 4 is 17.6 Å². The predicted molar refractivity (Wildman–Crippen MR) is 67.3 cm³/mol. The number of ether oxygens (including phenoxy) is 1. The second kappa shape index (κ2) is 4.41. The molecule has 19 heavy (non-hydrogen) atoms. The molecule has 0 spiro atoms. The Hall–Kier alpha value is -2.32. The number of rotatable bonds is 1. The number of nitriles is 1. The molecular formula is C13H8ClN3O2. The van der Waals surface area contributed by atoms with Crippen LogP contribution in [0.15, 0.2) is 24.5 Å². The molecular weight excluding hydrogens is 266 g/mol. The molecule has 0 saturated heterocycles. The van der Waals surface area contributed by atoms with Crippen LogP contribution in [0.3, 0.4) is 0 Å². The summed E-state index contributed by atoms with van der Waals surface area (Å²) in [5.41, 5.74) is 2.21. The van der Waals surface area contributed by atoms with E-state index in [1.165, 1.54) is 0 Å². The molecule has 2 aromatic rings. The lowest BCUT2D eigenvalue weighted by atomic mass is 10.2. The molecule has 6 heteroatoms. The summed E-state index contributed by atoms with van der Waals surface area (Å²) in [6.07, 6.45) is 2.17.